The standard InChI is InChI=1S/C21H19NO6/c1-2-26-18-6-4-3-5-14(18)8-10-21(25)28-12-17(23)15-7-9-19-16(11-15)22-20(24)13-27-19/h3-11H,2,12-13H2,1H3,(H,22,24)/b10-8+. The van der Waals surface area contributed by atoms with Crippen LogP contribution in [0.25, 0.3) is 6.08 Å². The van der Waals surface area contributed by atoms with Crippen LogP contribution in [0.5, 0.6) is 11.5 Å². The van der Waals surface area contributed by atoms with Gasteiger partial charge < -0.3 is 19.5 Å². The first-order valence-electron chi connectivity index (χ1n) is 8.73. The number of ether oxygens (including phenoxy) is 3. The fraction of sp³-hybridized carbons (Fsp3) is 0.190. The highest BCUT2D eigenvalue weighted by Gasteiger charge is 2.18. The monoisotopic (exact) mass is 381 g/mol. The largest absolute Gasteiger partial charge is 0.493 e. The summed E-state index contributed by atoms with van der Waals surface area (Å²) in [6.45, 7) is 1.91. The summed E-state index contributed by atoms with van der Waals surface area (Å²) in [5.74, 6) is -0.179. The molecule has 1 N–H and O–H groups in total. The van der Waals surface area contributed by atoms with Crippen molar-refractivity contribution in [2.75, 3.05) is 25.1 Å². The fourth-order valence-electron chi connectivity index (χ4n) is 2.59. The second-order valence-corrected chi connectivity index (χ2v) is 5.88. The molecule has 1 heterocycles. The topological polar surface area (TPSA) is 90.9 Å². The Kier molecular flexibility index (Phi) is 6.06. The molecule has 2 aromatic carbocycles. The van der Waals surface area contributed by atoms with Crippen LogP contribution in [-0.2, 0) is 14.3 Å². The van der Waals surface area contributed by atoms with E-state index in [-0.39, 0.29) is 18.3 Å². The van der Waals surface area contributed by atoms with Crippen molar-refractivity contribution < 1.29 is 28.6 Å². The Bertz CT molecular complexity index is 934. The smallest absolute Gasteiger partial charge is 0.331 e. The molecule has 0 bridgehead atoms. The Morgan fingerprint density at radius 3 is 2.86 bits per heavy atom. The number of rotatable bonds is 7. The molecule has 7 heteroatoms. The number of para-hydroxylation sites is 1. The van der Waals surface area contributed by atoms with E-state index in [2.05, 4.69) is 5.32 Å². The van der Waals surface area contributed by atoms with Gasteiger partial charge >= 0.3 is 5.97 Å². The minimum Gasteiger partial charge on any atom is -0.493 e. The molecule has 0 saturated carbocycles. The van der Waals surface area contributed by atoms with E-state index in [4.69, 9.17) is 14.2 Å². The second-order valence-electron chi connectivity index (χ2n) is 5.88. The number of nitrogens with one attached hydrogen (secondary N) is 1. The molecule has 0 spiro atoms. The first-order chi connectivity index (χ1) is 13.6. The Hall–Kier alpha value is -3.61. The number of esters is 1. The molecule has 144 valence electrons. The number of ketones is 1. The van der Waals surface area contributed by atoms with E-state index in [1.165, 1.54) is 12.1 Å². The van der Waals surface area contributed by atoms with Gasteiger partial charge in [0.05, 0.1) is 12.3 Å². The third-order valence-electron chi connectivity index (χ3n) is 3.90. The number of carbonyl (C=O) groups is 3. The summed E-state index contributed by atoms with van der Waals surface area (Å²) < 4.78 is 15.7. The number of fused-ring (bicyclic) bond motifs is 1. The molecule has 1 aliphatic heterocycles. The number of anilines is 1. The molecule has 1 amide bonds. The van der Waals surface area contributed by atoms with Crippen LogP contribution >= 0.6 is 0 Å². The van der Waals surface area contributed by atoms with Crippen LogP contribution in [0.15, 0.2) is 48.5 Å². The molecule has 0 atom stereocenters. The van der Waals surface area contributed by atoms with E-state index >= 15 is 0 Å². The van der Waals surface area contributed by atoms with Gasteiger partial charge in [0.2, 0.25) is 0 Å². The lowest BCUT2D eigenvalue weighted by atomic mass is 10.1. The summed E-state index contributed by atoms with van der Waals surface area (Å²) in [7, 11) is 0. The van der Waals surface area contributed by atoms with Crippen molar-refractivity contribution in [3.8, 4) is 11.5 Å². The molecular formula is C21H19NO6. The first kappa shape index (κ1) is 19.2. The van der Waals surface area contributed by atoms with Gasteiger partial charge in [-0.05, 0) is 37.3 Å². The number of benzene rings is 2. The van der Waals surface area contributed by atoms with Gasteiger partial charge in [0.25, 0.3) is 5.91 Å². The van der Waals surface area contributed by atoms with E-state index in [1.807, 2.05) is 25.1 Å². The van der Waals surface area contributed by atoms with Crippen LogP contribution in [0.1, 0.15) is 22.8 Å². The molecule has 1 aliphatic rings. The summed E-state index contributed by atoms with van der Waals surface area (Å²) in [4.78, 5) is 35.5. The number of Topliss-reactive ketones (excluding diaryl/α,β-unsaturated/α-hetero) is 1. The van der Waals surface area contributed by atoms with Crippen molar-refractivity contribution in [3.05, 3.63) is 59.7 Å². The lowest BCUT2D eigenvalue weighted by molar-refractivity contribution is -0.136. The molecule has 3 rings (SSSR count). The van der Waals surface area contributed by atoms with E-state index in [0.717, 1.165) is 5.56 Å². The molecule has 28 heavy (non-hydrogen) atoms. The molecule has 0 aliphatic carbocycles. The van der Waals surface area contributed by atoms with Crippen LogP contribution < -0.4 is 14.8 Å². The number of hydrogen-bond donors (Lipinski definition) is 1. The van der Waals surface area contributed by atoms with Crippen LogP contribution in [0.2, 0.25) is 0 Å². The van der Waals surface area contributed by atoms with Crippen molar-refractivity contribution >= 4 is 29.4 Å². The maximum absolute atomic E-state index is 12.3. The zero-order valence-corrected chi connectivity index (χ0v) is 15.3. The van der Waals surface area contributed by atoms with Crippen molar-refractivity contribution in [2.45, 2.75) is 6.92 Å². The minimum atomic E-state index is -0.644. The molecule has 0 radical (unpaired) electrons. The Morgan fingerprint density at radius 1 is 1.21 bits per heavy atom. The van der Waals surface area contributed by atoms with Gasteiger partial charge in [-0.25, -0.2) is 4.79 Å². The van der Waals surface area contributed by atoms with Crippen molar-refractivity contribution in [2.24, 2.45) is 0 Å². The molecule has 0 saturated heterocycles. The molecule has 2 aromatic rings. The zero-order chi connectivity index (χ0) is 19.9. The highest BCUT2D eigenvalue weighted by Crippen LogP contribution is 2.28. The van der Waals surface area contributed by atoms with Crippen LogP contribution in [-0.4, -0.2) is 37.5 Å². The minimum absolute atomic E-state index is 0.0589. The number of carbonyl (C=O) groups excluding carboxylic acids is 3. The lowest BCUT2D eigenvalue weighted by Gasteiger charge is -2.18. The maximum atomic E-state index is 12.3. The van der Waals surface area contributed by atoms with Crippen molar-refractivity contribution in [3.63, 3.8) is 0 Å². The Labute approximate surface area is 161 Å². The molecule has 0 fully saturated rings. The van der Waals surface area contributed by atoms with Crippen LogP contribution in [0.3, 0.4) is 0 Å². The molecule has 7 nitrogen and oxygen atoms in total. The molecule has 0 aromatic heterocycles. The van der Waals surface area contributed by atoms with Gasteiger partial charge in [-0.1, -0.05) is 18.2 Å². The normalized spacial score (nSPS) is 12.7. The fourth-order valence-corrected chi connectivity index (χ4v) is 2.59. The summed E-state index contributed by atoms with van der Waals surface area (Å²) in [6.07, 6.45) is 2.82. The van der Waals surface area contributed by atoms with Crippen molar-refractivity contribution in [1.82, 2.24) is 0 Å². The third kappa shape index (κ3) is 4.76. The Morgan fingerprint density at radius 2 is 2.04 bits per heavy atom. The average molecular weight is 381 g/mol. The van der Waals surface area contributed by atoms with Crippen LogP contribution in [0, 0.1) is 0 Å². The van der Waals surface area contributed by atoms with Gasteiger partial charge in [0.15, 0.2) is 19.0 Å². The van der Waals surface area contributed by atoms with Crippen molar-refractivity contribution in [1.29, 1.82) is 0 Å². The average Bonchev–Trinajstić information content (AvgIpc) is 2.71. The van der Waals surface area contributed by atoms with E-state index in [0.29, 0.717) is 29.4 Å². The highest BCUT2D eigenvalue weighted by molar-refractivity contribution is 6.02. The summed E-state index contributed by atoms with van der Waals surface area (Å²) in [5, 5.41) is 2.63. The summed E-state index contributed by atoms with van der Waals surface area (Å²) in [5.41, 5.74) is 1.46. The number of hydrogen-bond acceptors (Lipinski definition) is 6. The molecule has 0 unspecified atom stereocenters. The van der Waals surface area contributed by atoms with Gasteiger partial charge in [0, 0.05) is 17.2 Å². The highest BCUT2D eigenvalue weighted by atomic mass is 16.5. The van der Waals surface area contributed by atoms with E-state index in [9.17, 15) is 14.4 Å². The Balaban J connectivity index is 1.58. The molecular weight excluding hydrogens is 362 g/mol. The van der Waals surface area contributed by atoms with Gasteiger partial charge in [-0.15, -0.1) is 0 Å². The first-order valence-corrected chi connectivity index (χ1v) is 8.73. The zero-order valence-electron chi connectivity index (χ0n) is 15.3. The second kappa shape index (κ2) is 8.85. The predicted octanol–water partition coefficient (Wildman–Crippen LogP) is 2.86. The van der Waals surface area contributed by atoms with Gasteiger partial charge in [-0.2, -0.15) is 0 Å². The van der Waals surface area contributed by atoms with Gasteiger partial charge in [-0.3, -0.25) is 9.59 Å². The quantitative estimate of drug-likeness (QED) is 0.451. The number of amides is 1. The van der Waals surface area contributed by atoms with E-state index in [1.54, 1.807) is 24.3 Å². The SMILES string of the molecule is CCOc1ccccc1/C=C/C(=O)OCC(=O)c1ccc2c(c1)NC(=O)CO2. The predicted molar refractivity (Wildman–Crippen MR) is 103 cm³/mol. The van der Waals surface area contributed by atoms with Gasteiger partial charge in [0.1, 0.15) is 11.5 Å². The van der Waals surface area contributed by atoms with E-state index < -0.39 is 12.6 Å². The summed E-state index contributed by atoms with van der Waals surface area (Å²) in [6, 6.07) is 11.9. The lowest BCUT2D eigenvalue weighted by Crippen LogP contribution is -2.25. The third-order valence-corrected chi connectivity index (χ3v) is 3.90. The van der Waals surface area contributed by atoms with Crippen LogP contribution in [0.4, 0.5) is 5.69 Å². The summed E-state index contributed by atoms with van der Waals surface area (Å²) >= 11 is 0. The maximum Gasteiger partial charge on any atom is 0.331 e.